The molecule has 0 radical (unpaired) electrons. The molecule has 0 aliphatic heterocycles. The lowest BCUT2D eigenvalue weighted by Gasteiger charge is -2.20. The molecule has 0 aliphatic carbocycles. The summed E-state index contributed by atoms with van der Waals surface area (Å²) in [6, 6.07) is 0. The minimum atomic E-state index is 0.0758. The second-order valence-corrected chi connectivity index (χ2v) is 6.38. The van der Waals surface area contributed by atoms with E-state index in [1.54, 1.807) is 23.9 Å². The normalized spacial score (nSPS) is 12.4. The van der Waals surface area contributed by atoms with Gasteiger partial charge in [-0.05, 0) is 20.8 Å². The topological polar surface area (TPSA) is 47.2 Å². The first-order chi connectivity index (χ1) is 9.04. The van der Waals surface area contributed by atoms with Crippen LogP contribution >= 0.6 is 11.3 Å². The molecule has 3 aromatic heterocycles. The molecule has 3 rings (SSSR count). The van der Waals surface area contributed by atoms with E-state index < -0.39 is 0 Å². The monoisotopic (exact) mass is 275 g/mol. The van der Waals surface area contributed by atoms with E-state index in [0.717, 1.165) is 23.0 Å². The lowest BCUT2D eigenvalue weighted by Crippen LogP contribution is -2.35. The molecular formula is C13H17N5S. The summed E-state index contributed by atoms with van der Waals surface area (Å²) >= 11 is 1.64. The van der Waals surface area contributed by atoms with Gasteiger partial charge in [0.25, 0.3) is 0 Å². The van der Waals surface area contributed by atoms with Gasteiger partial charge in [0.1, 0.15) is 6.33 Å². The number of imidazole rings is 2. The molecule has 0 saturated carbocycles. The number of hydrogen-bond donors (Lipinski definition) is 1. The molecule has 100 valence electrons. The number of nitrogens with zero attached hydrogens (tertiary/aromatic N) is 4. The maximum atomic E-state index is 4.68. The van der Waals surface area contributed by atoms with Gasteiger partial charge >= 0.3 is 0 Å². The highest BCUT2D eigenvalue weighted by Gasteiger charge is 2.17. The first-order valence-electron chi connectivity index (χ1n) is 6.22. The van der Waals surface area contributed by atoms with Gasteiger partial charge in [0.2, 0.25) is 0 Å². The fourth-order valence-corrected chi connectivity index (χ4v) is 2.65. The smallest absolute Gasteiger partial charge is 0.195 e. The zero-order chi connectivity index (χ0) is 13.5. The van der Waals surface area contributed by atoms with Crippen LogP contribution in [-0.2, 0) is 6.54 Å². The molecule has 0 saturated heterocycles. The van der Waals surface area contributed by atoms with Gasteiger partial charge in [-0.3, -0.25) is 8.97 Å². The summed E-state index contributed by atoms with van der Waals surface area (Å²) in [6.07, 6.45) is 7.54. The van der Waals surface area contributed by atoms with E-state index >= 15 is 0 Å². The van der Waals surface area contributed by atoms with Crippen LogP contribution in [0.3, 0.4) is 0 Å². The van der Waals surface area contributed by atoms with Gasteiger partial charge in [0, 0.05) is 36.1 Å². The van der Waals surface area contributed by atoms with E-state index in [0.29, 0.717) is 0 Å². The van der Waals surface area contributed by atoms with Crippen LogP contribution < -0.4 is 5.32 Å². The molecule has 3 heterocycles. The Morgan fingerprint density at radius 1 is 1.32 bits per heavy atom. The lowest BCUT2D eigenvalue weighted by molar-refractivity contribution is 0.420. The van der Waals surface area contributed by atoms with Crippen LogP contribution in [0, 0.1) is 0 Å². The van der Waals surface area contributed by atoms with Gasteiger partial charge < -0.3 is 5.32 Å². The van der Waals surface area contributed by atoms with Crippen LogP contribution in [0.1, 0.15) is 26.5 Å². The minimum absolute atomic E-state index is 0.0758. The van der Waals surface area contributed by atoms with Gasteiger partial charge in [-0.15, -0.1) is 11.3 Å². The summed E-state index contributed by atoms with van der Waals surface area (Å²) in [5.41, 5.74) is 1.23. The average Bonchev–Trinajstić information content (AvgIpc) is 3.01. The first kappa shape index (κ1) is 12.4. The third-order valence-electron chi connectivity index (χ3n) is 2.88. The largest absolute Gasteiger partial charge is 0.306 e. The second kappa shape index (κ2) is 4.47. The Hall–Kier alpha value is -1.66. The minimum Gasteiger partial charge on any atom is -0.306 e. The average molecular weight is 275 g/mol. The van der Waals surface area contributed by atoms with Gasteiger partial charge in [-0.2, -0.15) is 0 Å². The number of hydrogen-bond acceptors (Lipinski definition) is 4. The van der Waals surface area contributed by atoms with Crippen molar-refractivity contribution in [2.45, 2.75) is 32.9 Å². The van der Waals surface area contributed by atoms with Crippen LogP contribution in [0.2, 0.25) is 0 Å². The highest BCUT2D eigenvalue weighted by atomic mass is 32.1. The summed E-state index contributed by atoms with van der Waals surface area (Å²) in [7, 11) is 0. The number of thiazole rings is 1. The van der Waals surface area contributed by atoms with Crippen LogP contribution in [0.15, 0.2) is 30.3 Å². The fraction of sp³-hybridized carbons (Fsp3) is 0.385. The van der Waals surface area contributed by atoms with E-state index in [4.69, 9.17) is 0 Å². The van der Waals surface area contributed by atoms with Crippen molar-refractivity contribution in [2.24, 2.45) is 0 Å². The van der Waals surface area contributed by atoms with Crippen molar-refractivity contribution in [1.29, 1.82) is 0 Å². The Kier molecular flexibility index (Phi) is 2.91. The van der Waals surface area contributed by atoms with Gasteiger partial charge in [0.05, 0.1) is 5.69 Å². The van der Waals surface area contributed by atoms with Crippen molar-refractivity contribution < 1.29 is 0 Å². The SMILES string of the molecule is CC(C)(C)NCc1c(-n2ccnc2)nc2sccn12. The molecular weight excluding hydrogens is 258 g/mol. The van der Waals surface area contributed by atoms with Crippen LogP contribution in [0.5, 0.6) is 0 Å². The third kappa shape index (κ3) is 2.41. The Morgan fingerprint density at radius 3 is 2.84 bits per heavy atom. The zero-order valence-electron chi connectivity index (χ0n) is 11.3. The van der Waals surface area contributed by atoms with Gasteiger partial charge in [-0.25, -0.2) is 9.97 Å². The lowest BCUT2D eigenvalue weighted by atomic mass is 10.1. The maximum absolute atomic E-state index is 4.68. The van der Waals surface area contributed by atoms with E-state index in [9.17, 15) is 0 Å². The van der Waals surface area contributed by atoms with Crippen molar-refractivity contribution in [3.8, 4) is 5.82 Å². The van der Waals surface area contributed by atoms with Crippen LogP contribution in [0.25, 0.3) is 10.8 Å². The van der Waals surface area contributed by atoms with Gasteiger partial charge in [-0.1, -0.05) is 0 Å². The highest BCUT2D eigenvalue weighted by Crippen LogP contribution is 2.21. The van der Waals surface area contributed by atoms with Gasteiger partial charge in [0.15, 0.2) is 10.8 Å². The highest BCUT2D eigenvalue weighted by molar-refractivity contribution is 7.15. The number of aromatic nitrogens is 4. The number of nitrogens with one attached hydrogen (secondary N) is 1. The molecule has 0 aromatic carbocycles. The number of fused-ring (bicyclic) bond motifs is 1. The Labute approximate surface area is 115 Å². The van der Waals surface area contributed by atoms with Crippen molar-refractivity contribution in [2.75, 3.05) is 0 Å². The summed E-state index contributed by atoms with van der Waals surface area (Å²) < 4.78 is 4.10. The number of rotatable bonds is 3. The summed E-state index contributed by atoms with van der Waals surface area (Å²) in [5, 5.41) is 5.57. The molecule has 19 heavy (non-hydrogen) atoms. The molecule has 6 heteroatoms. The standard InChI is InChI=1S/C13H17N5S/c1-13(2,3)15-8-10-11(17-5-4-14-9-17)16-12-18(10)6-7-19-12/h4-7,9,15H,8H2,1-3H3. The van der Waals surface area contributed by atoms with E-state index in [-0.39, 0.29) is 5.54 Å². The van der Waals surface area contributed by atoms with Crippen molar-refractivity contribution >= 4 is 16.3 Å². The Morgan fingerprint density at radius 2 is 2.16 bits per heavy atom. The Balaban J connectivity index is 2.04. The summed E-state index contributed by atoms with van der Waals surface area (Å²) in [6.45, 7) is 7.26. The fourth-order valence-electron chi connectivity index (χ4n) is 1.93. The molecule has 5 nitrogen and oxygen atoms in total. The predicted molar refractivity (Wildman–Crippen MR) is 76.8 cm³/mol. The Bertz CT molecular complexity index is 672. The van der Waals surface area contributed by atoms with E-state index in [1.165, 1.54) is 0 Å². The molecule has 0 amide bonds. The van der Waals surface area contributed by atoms with Crippen molar-refractivity contribution in [1.82, 2.24) is 24.3 Å². The third-order valence-corrected chi connectivity index (χ3v) is 3.63. The zero-order valence-corrected chi connectivity index (χ0v) is 12.1. The van der Waals surface area contributed by atoms with Crippen LogP contribution in [0.4, 0.5) is 0 Å². The molecule has 3 aromatic rings. The van der Waals surface area contributed by atoms with Crippen molar-refractivity contribution in [3.05, 3.63) is 36.0 Å². The second-order valence-electron chi connectivity index (χ2n) is 5.51. The van der Waals surface area contributed by atoms with E-state index in [1.807, 2.05) is 10.8 Å². The molecule has 1 N–H and O–H groups in total. The van der Waals surface area contributed by atoms with Crippen molar-refractivity contribution in [3.63, 3.8) is 0 Å². The molecule has 0 aliphatic rings. The molecule has 0 unspecified atom stereocenters. The molecule has 0 bridgehead atoms. The van der Waals surface area contributed by atoms with E-state index in [2.05, 4.69) is 52.0 Å². The summed E-state index contributed by atoms with van der Waals surface area (Å²) in [5.74, 6) is 0.945. The quantitative estimate of drug-likeness (QED) is 0.799. The molecule has 0 spiro atoms. The predicted octanol–water partition coefficient (Wildman–Crippen LogP) is 2.47. The summed E-state index contributed by atoms with van der Waals surface area (Å²) in [4.78, 5) is 9.79. The molecule has 0 atom stereocenters. The first-order valence-corrected chi connectivity index (χ1v) is 7.10. The maximum Gasteiger partial charge on any atom is 0.195 e. The molecule has 0 fully saturated rings. The van der Waals surface area contributed by atoms with Crippen LogP contribution in [-0.4, -0.2) is 24.5 Å².